The van der Waals surface area contributed by atoms with E-state index in [1.54, 1.807) is 0 Å². The highest BCUT2D eigenvalue weighted by atomic mass is 16.4. The van der Waals surface area contributed by atoms with Crippen molar-refractivity contribution in [3.05, 3.63) is 0 Å². The molecule has 0 aromatic heterocycles. The molecule has 4 N–H and O–H groups in total. The van der Waals surface area contributed by atoms with E-state index in [0.717, 1.165) is 37.0 Å². The second-order valence-electron chi connectivity index (χ2n) is 5.48. The van der Waals surface area contributed by atoms with E-state index in [9.17, 15) is 5.11 Å². The van der Waals surface area contributed by atoms with Gasteiger partial charge < -0.3 is 15.9 Å². The molecule has 0 atom stereocenters. The number of primary amides is 1. The van der Waals surface area contributed by atoms with Crippen molar-refractivity contribution < 1.29 is 15.0 Å². The van der Waals surface area contributed by atoms with Gasteiger partial charge in [0.05, 0.1) is 5.60 Å². The van der Waals surface area contributed by atoms with Crippen LogP contribution in [0.2, 0.25) is 0 Å². The Morgan fingerprint density at radius 2 is 1.33 bits per heavy atom. The standard InChI is InChI=1S/C10H16O.CH3NO2/c11-10-4-7-1-8(5-10)3-9(2-7)6-10;2-1(3)4/h7-9,11H,1-6H2;2H2,(H,3,4). The van der Waals surface area contributed by atoms with Crippen LogP contribution in [0.25, 0.3) is 0 Å². The quantitative estimate of drug-likeness (QED) is 0.571. The number of hydrogen-bond donors (Lipinski definition) is 3. The van der Waals surface area contributed by atoms with Gasteiger partial charge in [-0.15, -0.1) is 0 Å². The molecule has 4 nitrogen and oxygen atoms in total. The largest absolute Gasteiger partial charge is 0.465 e. The fourth-order valence-corrected chi connectivity index (χ4v) is 4.06. The van der Waals surface area contributed by atoms with Gasteiger partial charge in [0, 0.05) is 0 Å². The highest BCUT2D eigenvalue weighted by Crippen LogP contribution is 2.55. The van der Waals surface area contributed by atoms with E-state index in [-0.39, 0.29) is 5.60 Å². The Morgan fingerprint density at radius 3 is 1.53 bits per heavy atom. The van der Waals surface area contributed by atoms with Crippen molar-refractivity contribution in [1.29, 1.82) is 0 Å². The molecule has 1 amide bonds. The van der Waals surface area contributed by atoms with Gasteiger partial charge in [0.2, 0.25) is 0 Å². The summed E-state index contributed by atoms with van der Waals surface area (Å²) in [6.45, 7) is 0. The summed E-state index contributed by atoms with van der Waals surface area (Å²) >= 11 is 0. The van der Waals surface area contributed by atoms with Crippen molar-refractivity contribution in [3.8, 4) is 0 Å². The van der Waals surface area contributed by atoms with E-state index in [1.807, 2.05) is 0 Å². The Kier molecular flexibility index (Phi) is 2.63. The molecule has 0 radical (unpaired) electrons. The third-order valence-corrected chi connectivity index (χ3v) is 4.01. The first kappa shape index (κ1) is 10.7. The van der Waals surface area contributed by atoms with Crippen LogP contribution in [0.4, 0.5) is 4.79 Å². The van der Waals surface area contributed by atoms with Crippen LogP contribution in [0.3, 0.4) is 0 Å². The maximum atomic E-state index is 10.1. The molecule has 0 heterocycles. The average molecular weight is 213 g/mol. The van der Waals surface area contributed by atoms with Crippen LogP contribution in [0.5, 0.6) is 0 Å². The van der Waals surface area contributed by atoms with E-state index in [0.29, 0.717) is 0 Å². The second-order valence-corrected chi connectivity index (χ2v) is 5.48. The maximum absolute atomic E-state index is 10.1. The molecule has 0 spiro atoms. The fraction of sp³-hybridized carbons (Fsp3) is 0.909. The Hall–Kier alpha value is -0.770. The van der Waals surface area contributed by atoms with Gasteiger partial charge in [-0.1, -0.05) is 0 Å². The van der Waals surface area contributed by atoms with Crippen molar-refractivity contribution >= 4 is 6.09 Å². The lowest BCUT2D eigenvalue weighted by Gasteiger charge is -2.54. The van der Waals surface area contributed by atoms with E-state index in [1.165, 1.54) is 19.3 Å². The van der Waals surface area contributed by atoms with E-state index < -0.39 is 6.09 Å². The van der Waals surface area contributed by atoms with Crippen molar-refractivity contribution in [2.24, 2.45) is 23.5 Å². The van der Waals surface area contributed by atoms with Gasteiger partial charge in [0.25, 0.3) is 0 Å². The Morgan fingerprint density at radius 1 is 1.07 bits per heavy atom. The molecule has 4 aliphatic carbocycles. The van der Waals surface area contributed by atoms with Gasteiger partial charge in [0.15, 0.2) is 0 Å². The molecule has 4 fully saturated rings. The van der Waals surface area contributed by atoms with Gasteiger partial charge >= 0.3 is 6.09 Å². The number of hydrogen-bond acceptors (Lipinski definition) is 2. The third kappa shape index (κ3) is 2.43. The number of aliphatic hydroxyl groups is 1. The molecule has 15 heavy (non-hydrogen) atoms. The molecule has 4 rings (SSSR count). The molecule has 4 heteroatoms. The van der Waals surface area contributed by atoms with Crippen LogP contribution in [0.15, 0.2) is 0 Å². The summed E-state index contributed by atoms with van der Waals surface area (Å²) < 4.78 is 0. The van der Waals surface area contributed by atoms with Crippen LogP contribution < -0.4 is 5.73 Å². The van der Waals surface area contributed by atoms with Gasteiger partial charge in [-0.05, 0) is 56.3 Å². The Bertz CT molecular complexity index is 225. The molecule has 0 saturated heterocycles. The number of amides is 1. The van der Waals surface area contributed by atoms with Crippen molar-refractivity contribution in [2.75, 3.05) is 0 Å². The number of carboxylic acid groups (broad SMARTS) is 1. The Labute approximate surface area is 89.5 Å². The molecular weight excluding hydrogens is 194 g/mol. The fourth-order valence-electron chi connectivity index (χ4n) is 4.06. The van der Waals surface area contributed by atoms with Crippen LogP contribution in [0.1, 0.15) is 38.5 Å². The first-order valence-electron chi connectivity index (χ1n) is 5.67. The topological polar surface area (TPSA) is 83.6 Å². The highest BCUT2D eigenvalue weighted by molar-refractivity contribution is 5.61. The first-order valence-corrected chi connectivity index (χ1v) is 5.67. The summed E-state index contributed by atoms with van der Waals surface area (Å²) in [5.74, 6) is 2.68. The maximum Gasteiger partial charge on any atom is 0.402 e. The zero-order chi connectivity index (χ0) is 11.1. The number of nitrogens with two attached hydrogens (primary N) is 1. The number of carbonyl (C=O) groups is 1. The van der Waals surface area contributed by atoms with Gasteiger partial charge in [-0.3, -0.25) is 0 Å². The van der Waals surface area contributed by atoms with E-state index in [4.69, 9.17) is 9.90 Å². The summed E-state index contributed by atoms with van der Waals surface area (Å²) in [6, 6.07) is 0. The summed E-state index contributed by atoms with van der Waals surface area (Å²) in [4.78, 5) is 8.78. The molecular formula is C11H19NO3. The van der Waals surface area contributed by atoms with Crippen LogP contribution in [0, 0.1) is 17.8 Å². The summed E-state index contributed by atoms with van der Waals surface area (Å²) in [7, 11) is 0. The second kappa shape index (κ2) is 3.67. The van der Waals surface area contributed by atoms with Crippen molar-refractivity contribution in [1.82, 2.24) is 0 Å². The van der Waals surface area contributed by atoms with E-state index in [2.05, 4.69) is 5.73 Å². The molecule has 0 aromatic carbocycles. The van der Waals surface area contributed by atoms with Crippen molar-refractivity contribution in [2.45, 2.75) is 44.1 Å². The average Bonchev–Trinajstić information content (AvgIpc) is 1.96. The molecule has 0 aliphatic heterocycles. The molecule has 4 bridgehead atoms. The molecule has 86 valence electrons. The lowest BCUT2D eigenvalue weighted by atomic mass is 9.54. The first-order chi connectivity index (χ1) is 6.97. The van der Waals surface area contributed by atoms with Gasteiger partial charge in [0.1, 0.15) is 0 Å². The molecule has 0 aromatic rings. The minimum atomic E-state index is -1.33. The van der Waals surface area contributed by atoms with Gasteiger partial charge in [-0.25, -0.2) is 4.79 Å². The van der Waals surface area contributed by atoms with Crippen LogP contribution >= 0.6 is 0 Å². The van der Waals surface area contributed by atoms with Crippen LogP contribution in [-0.4, -0.2) is 21.9 Å². The van der Waals surface area contributed by atoms with Crippen molar-refractivity contribution in [3.63, 3.8) is 0 Å². The predicted molar refractivity (Wildman–Crippen MR) is 55.3 cm³/mol. The van der Waals surface area contributed by atoms with E-state index >= 15 is 0 Å². The summed E-state index contributed by atoms with van der Waals surface area (Å²) in [5, 5.41) is 17.3. The lowest BCUT2D eigenvalue weighted by molar-refractivity contribution is -0.124. The number of rotatable bonds is 0. The SMILES string of the molecule is NC(=O)O.OC12CC3CC(CC(C3)C1)C2. The molecule has 0 unspecified atom stereocenters. The summed E-state index contributed by atoms with van der Waals surface area (Å²) in [6.07, 6.45) is 6.33. The monoisotopic (exact) mass is 213 g/mol. The lowest BCUT2D eigenvalue weighted by Crippen LogP contribution is -2.50. The smallest absolute Gasteiger partial charge is 0.402 e. The zero-order valence-corrected chi connectivity index (χ0v) is 8.85. The molecule has 4 saturated carbocycles. The third-order valence-electron chi connectivity index (χ3n) is 4.01. The minimum Gasteiger partial charge on any atom is -0.465 e. The Balaban J connectivity index is 0.000000188. The predicted octanol–water partition coefficient (Wildman–Crippen LogP) is 1.57. The van der Waals surface area contributed by atoms with Crippen LogP contribution in [-0.2, 0) is 0 Å². The summed E-state index contributed by atoms with van der Waals surface area (Å²) in [5.41, 5.74) is 3.83. The molecule has 4 aliphatic rings. The van der Waals surface area contributed by atoms with Gasteiger partial charge in [-0.2, -0.15) is 0 Å². The zero-order valence-electron chi connectivity index (χ0n) is 8.85. The normalized spacial score (nSPS) is 45.8. The minimum absolute atomic E-state index is 0.200. The highest BCUT2D eigenvalue weighted by Gasteiger charge is 2.49.